The number of thiophene rings is 1. The van der Waals surface area contributed by atoms with Gasteiger partial charge in [0.15, 0.2) is 0 Å². The van der Waals surface area contributed by atoms with Gasteiger partial charge in [-0.2, -0.15) is 0 Å². The van der Waals surface area contributed by atoms with Crippen LogP contribution < -0.4 is 5.32 Å². The maximum Gasteiger partial charge on any atom is 0.410 e. The van der Waals surface area contributed by atoms with Gasteiger partial charge in [0.05, 0.1) is 11.1 Å². The van der Waals surface area contributed by atoms with Crippen molar-refractivity contribution >= 4 is 29.0 Å². The molecule has 0 saturated carbocycles. The van der Waals surface area contributed by atoms with E-state index in [-0.39, 0.29) is 6.54 Å². The Labute approximate surface area is 141 Å². The topological polar surface area (TPSA) is 61.8 Å². The van der Waals surface area contributed by atoms with Gasteiger partial charge >= 0.3 is 6.09 Å². The van der Waals surface area contributed by atoms with Gasteiger partial charge in [0.2, 0.25) is 0 Å². The lowest BCUT2D eigenvalue weighted by Gasteiger charge is -2.28. The minimum absolute atomic E-state index is 0.251. The van der Waals surface area contributed by atoms with Crippen molar-refractivity contribution in [3.63, 3.8) is 0 Å². The van der Waals surface area contributed by atoms with E-state index in [0.29, 0.717) is 19.6 Å². The maximum absolute atomic E-state index is 12.1. The molecule has 126 valence electrons. The first-order chi connectivity index (χ1) is 10.2. The molecule has 2 N–H and O–H groups in total. The quantitative estimate of drug-likeness (QED) is 0.743. The Morgan fingerprint density at radius 1 is 1.55 bits per heavy atom. The number of hydrogen-bond donors (Lipinski definition) is 2. The molecule has 0 aliphatic carbocycles. The van der Waals surface area contributed by atoms with Crippen LogP contribution in [0.25, 0.3) is 0 Å². The molecule has 1 amide bonds. The van der Waals surface area contributed by atoms with Crippen molar-refractivity contribution in [3.05, 3.63) is 21.3 Å². The zero-order valence-corrected chi connectivity index (χ0v) is 15.1. The fourth-order valence-electron chi connectivity index (χ4n) is 1.77. The van der Waals surface area contributed by atoms with Crippen LogP contribution in [0.3, 0.4) is 0 Å². The Morgan fingerprint density at radius 2 is 2.23 bits per heavy atom. The number of carbonyl (C=O) groups is 1. The first kappa shape index (κ1) is 19.2. The summed E-state index contributed by atoms with van der Waals surface area (Å²) in [6.45, 7) is 9.16. The number of hydrogen-bond acceptors (Lipinski definition) is 5. The normalized spacial score (nSPS) is 13.0. The molecular weight excluding hydrogens is 324 g/mol. The van der Waals surface area contributed by atoms with Crippen LogP contribution in [-0.2, 0) is 11.3 Å². The fourth-order valence-corrected chi connectivity index (χ4v) is 2.82. The zero-order valence-electron chi connectivity index (χ0n) is 13.6. The summed E-state index contributed by atoms with van der Waals surface area (Å²) in [4.78, 5) is 14.8. The highest BCUT2D eigenvalue weighted by Gasteiger charge is 2.22. The standard InChI is InChI=1S/C15H25ClN2O3S/c1-11(19)9-18(14(20)21-15(2,3)4)6-5-17-8-13-7-12(16)10-22-13/h7,10-11,17,19H,5-6,8-9H2,1-4H3. The second kappa shape index (κ2) is 8.72. The van der Waals surface area contributed by atoms with E-state index in [4.69, 9.17) is 16.3 Å². The summed E-state index contributed by atoms with van der Waals surface area (Å²) in [5, 5.41) is 15.4. The third-order valence-electron chi connectivity index (χ3n) is 2.62. The number of amides is 1. The first-order valence-corrected chi connectivity index (χ1v) is 8.53. The molecule has 1 atom stereocenters. The number of aliphatic hydroxyl groups excluding tert-OH is 1. The molecule has 0 saturated heterocycles. The molecule has 0 fully saturated rings. The summed E-state index contributed by atoms with van der Waals surface area (Å²) in [7, 11) is 0. The van der Waals surface area contributed by atoms with Crippen molar-refractivity contribution in [2.75, 3.05) is 19.6 Å². The van der Waals surface area contributed by atoms with E-state index in [0.717, 1.165) is 9.90 Å². The molecule has 0 aromatic carbocycles. The van der Waals surface area contributed by atoms with Gasteiger partial charge in [0.25, 0.3) is 0 Å². The Bertz CT molecular complexity index is 472. The summed E-state index contributed by atoms with van der Waals surface area (Å²) in [5.41, 5.74) is -0.546. The molecule has 0 radical (unpaired) electrons. The van der Waals surface area contributed by atoms with Crippen molar-refractivity contribution < 1.29 is 14.6 Å². The van der Waals surface area contributed by atoms with E-state index < -0.39 is 17.8 Å². The molecule has 5 nitrogen and oxygen atoms in total. The van der Waals surface area contributed by atoms with Crippen molar-refractivity contribution in [1.29, 1.82) is 0 Å². The van der Waals surface area contributed by atoms with Crippen molar-refractivity contribution in [2.45, 2.75) is 45.9 Å². The van der Waals surface area contributed by atoms with Gasteiger partial charge < -0.3 is 20.1 Å². The van der Waals surface area contributed by atoms with Crippen LogP contribution in [0, 0.1) is 0 Å². The number of aliphatic hydroxyl groups is 1. The Morgan fingerprint density at radius 3 is 2.73 bits per heavy atom. The van der Waals surface area contributed by atoms with Gasteiger partial charge in [-0.3, -0.25) is 0 Å². The van der Waals surface area contributed by atoms with Crippen LogP contribution in [0.4, 0.5) is 4.79 Å². The number of halogens is 1. The average Bonchev–Trinajstić information content (AvgIpc) is 2.76. The molecule has 7 heteroatoms. The molecular formula is C15H25ClN2O3S. The summed E-state index contributed by atoms with van der Waals surface area (Å²) in [6, 6.07) is 1.92. The minimum atomic E-state index is -0.594. The Kier molecular flexibility index (Phi) is 7.62. The SMILES string of the molecule is CC(O)CN(CCNCc1cc(Cl)cs1)C(=O)OC(C)(C)C. The monoisotopic (exact) mass is 348 g/mol. The maximum atomic E-state index is 12.1. The molecule has 0 spiro atoms. The van der Waals surface area contributed by atoms with Crippen molar-refractivity contribution in [2.24, 2.45) is 0 Å². The van der Waals surface area contributed by atoms with Crippen LogP contribution >= 0.6 is 22.9 Å². The number of ether oxygens (including phenoxy) is 1. The van der Waals surface area contributed by atoms with Crippen LogP contribution in [0.1, 0.15) is 32.6 Å². The summed E-state index contributed by atoms with van der Waals surface area (Å²) >= 11 is 7.46. The lowest BCUT2D eigenvalue weighted by atomic mass is 10.2. The van der Waals surface area contributed by atoms with Crippen LogP contribution in [-0.4, -0.2) is 47.4 Å². The van der Waals surface area contributed by atoms with Crippen molar-refractivity contribution in [3.8, 4) is 0 Å². The molecule has 1 aromatic rings. The summed E-state index contributed by atoms with van der Waals surface area (Å²) < 4.78 is 5.35. The first-order valence-electron chi connectivity index (χ1n) is 7.27. The van der Waals surface area contributed by atoms with Gasteiger partial charge in [-0.25, -0.2) is 4.79 Å². The smallest absolute Gasteiger partial charge is 0.410 e. The van der Waals surface area contributed by atoms with E-state index in [1.165, 1.54) is 4.90 Å². The number of rotatable bonds is 7. The highest BCUT2D eigenvalue weighted by Crippen LogP contribution is 2.18. The minimum Gasteiger partial charge on any atom is -0.444 e. The van der Waals surface area contributed by atoms with Crippen LogP contribution in [0.5, 0.6) is 0 Å². The van der Waals surface area contributed by atoms with Gasteiger partial charge in [-0.15, -0.1) is 11.3 Å². The van der Waals surface area contributed by atoms with Crippen molar-refractivity contribution in [1.82, 2.24) is 10.2 Å². The van der Waals surface area contributed by atoms with E-state index in [1.54, 1.807) is 18.3 Å². The van der Waals surface area contributed by atoms with Crippen LogP contribution in [0.15, 0.2) is 11.4 Å². The van der Waals surface area contributed by atoms with Crippen LogP contribution in [0.2, 0.25) is 5.02 Å². The molecule has 0 bridgehead atoms. The number of nitrogens with one attached hydrogen (secondary N) is 1. The molecule has 1 rings (SSSR count). The second-order valence-electron chi connectivity index (χ2n) is 6.18. The highest BCUT2D eigenvalue weighted by molar-refractivity contribution is 7.10. The van der Waals surface area contributed by atoms with E-state index in [2.05, 4.69) is 5.32 Å². The molecule has 1 heterocycles. The highest BCUT2D eigenvalue weighted by atomic mass is 35.5. The lowest BCUT2D eigenvalue weighted by Crippen LogP contribution is -2.43. The number of nitrogens with zero attached hydrogens (tertiary/aromatic N) is 1. The molecule has 0 aliphatic rings. The predicted molar refractivity (Wildman–Crippen MR) is 90.5 cm³/mol. The Balaban J connectivity index is 2.42. The van der Waals surface area contributed by atoms with Gasteiger partial charge in [-0.05, 0) is 33.8 Å². The third-order valence-corrected chi connectivity index (χ3v) is 3.90. The molecule has 22 heavy (non-hydrogen) atoms. The molecule has 1 unspecified atom stereocenters. The summed E-state index contributed by atoms with van der Waals surface area (Å²) in [6.07, 6.45) is -1.00. The van der Waals surface area contributed by atoms with E-state index in [1.807, 2.05) is 32.2 Å². The van der Waals surface area contributed by atoms with Gasteiger partial charge in [-0.1, -0.05) is 11.6 Å². The molecule has 0 aliphatic heterocycles. The van der Waals surface area contributed by atoms with E-state index >= 15 is 0 Å². The van der Waals surface area contributed by atoms with Gasteiger partial charge in [0, 0.05) is 36.4 Å². The lowest BCUT2D eigenvalue weighted by molar-refractivity contribution is 0.0164. The molecule has 1 aromatic heterocycles. The predicted octanol–water partition coefficient (Wildman–Crippen LogP) is 3.11. The van der Waals surface area contributed by atoms with Gasteiger partial charge in [0.1, 0.15) is 5.60 Å². The second-order valence-corrected chi connectivity index (χ2v) is 7.62. The zero-order chi connectivity index (χ0) is 16.8. The summed E-state index contributed by atoms with van der Waals surface area (Å²) in [5.74, 6) is 0. The average molecular weight is 349 g/mol. The van der Waals surface area contributed by atoms with E-state index in [9.17, 15) is 9.90 Å². The third kappa shape index (κ3) is 7.98. The fraction of sp³-hybridized carbons (Fsp3) is 0.667. The number of carbonyl (C=O) groups excluding carboxylic acids is 1. The largest absolute Gasteiger partial charge is 0.444 e. The Hall–Kier alpha value is -0.820.